The number of ether oxygens (including phenoxy) is 1. The first kappa shape index (κ1) is 58.6. The largest absolute Gasteiger partial charge is 0.466 e. The first-order valence-corrected chi connectivity index (χ1v) is 13.0. The summed E-state index contributed by atoms with van der Waals surface area (Å²) in [6.45, 7) is 29.3. The SMILES string of the molecule is C=CC(=O)OC.CCCC.CCCC.CCCC.CCCC.CCCC.CCCC.[Sn].[Sn]. The maximum Gasteiger partial charge on any atom is 0.329 e. The van der Waals surface area contributed by atoms with E-state index in [2.05, 4.69) is 94.4 Å². The summed E-state index contributed by atoms with van der Waals surface area (Å²) in [4.78, 5) is 9.84. The summed E-state index contributed by atoms with van der Waals surface area (Å²) in [5.74, 6) is -0.394. The van der Waals surface area contributed by atoms with Gasteiger partial charge in [-0.15, -0.1) is 0 Å². The monoisotopic (exact) mass is 674 g/mol. The van der Waals surface area contributed by atoms with Gasteiger partial charge in [-0.05, 0) is 0 Å². The fraction of sp³-hybridized carbons (Fsp3) is 0.893. The van der Waals surface area contributed by atoms with Gasteiger partial charge in [0, 0.05) is 53.9 Å². The Bertz CT molecular complexity index is 169. The summed E-state index contributed by atoms with van der Waals surface area (Å²) in [6, 6.07) is 0. The Hall–Kier alpha value is 0.807. The Kier molecular flexibility index (Phi) is 174. The molecule has 0 fully saturated rings. The summed E-state index contributed by atoms with van der Waals surface area (Å²) in [6.07, 6.45) is 16.9. The van der Waals surface area contributed by atoms with Crippen molar-refractivity contribution in [2.45, 2.75) is 160 Å². The van der Waals surface area contributed by atoms with Gasteiger partial charge in [-0.1, -0.05) is 167 Å². The minimum absolute atomic E-state index is 0. The molecule has 32 heavy (non-hydrogen) atoms. The molecule has 0 atom stereocenters. The van der Waals surface area contributed by atoms with Crippen molar-refractivity contribution >= 4 is 53.8 Å². The van der Waals surface area contributed by atoms with Crippen molar-refractivity contribution < 1.29 is 9.53 Å². The molecule has 0 N–H and O–H groups in total. The first-order valence-electron chi connectivity index (χ1n) is 13.0. The van der Waals surface area contributed by atoms with Crippen molar-refractivity contribution in [3.05, 3.63) is 12.7 Å². The van der Waals surface area contributed by atoms with Crippen LogP contribution in [0.1, 0.15) is 160 Å². The maximum absolute atomic E-state index is 9.84. The molecule has 0 aliphatic rings. The molecule has 0 amide bonds. The zero-order valence-electron chi connectivity index (χ0n) is 25.1. The van der Waals surface area contributed by atoms with Gasteiger partial charge in [-0.3, -0.25) is 0 Å². The van der Waals surface area contributed by atoms with Crippen LogP contribution in [0.15, 0.2) is 12.7 Å². The normalized spacial score (nSPS) is 6.91. The summed E-state index contributed by atoms with van der Waals surface area (Å²) in [5.41, 5.74) is 0. The second-order valence-corrected chi connectivity index (χ2v) is 6.73. The molecule has 8 radical (unpaired) electrons. The molecule has 0 heterocycles. The van der Waals surface area contributed by atoms with Crippen LogP contribution in [0.3, 0.4) is 0 Å². The van der Waals surface area contributed by atoms with Gasteiger partial charge in [-0.25, -0.2) is 4.79 Å². The van der Waals surface area contributed by atoms with E-state index in [0.29, 0.717) is 0 Å². The average molecular weight is 672 g/mol. The third kappa shape index (κ3) is 234. The van der Waals surface area contributed by atoms with Crippen molar-refractivity contribution in [2.24, 2.45) is 0 Å². The van der Waals surface area contributed by atoms with Gasteiger partial charge in [-0.2, -0.15) is 0 Å². The number of esters is 1. The molecule has 0 aromatic rings. The first-order chi connectivity index (χ1) is 14.3. The molecule has 198 valence electrons. The van der Waals surface area contributed by atoms with Gasteiger partial charge in [0.25, 0.3) is 0 Å². The summed E-state index contributed by atoms with van der Waals surface area (Å²) in [7, 11) is 1.31. The fourth-order valence-electron chi connectivity index (χ4n) is 0.0833. The van der Waals surface area contributed by atoms with E-state index >= 15 is 0 Å². The molecule has 0 bridgehead atoms. The van der Waals surface area contributed by atoms with E-state index in [1.165, 1.54) is 84.2 Å². The number of carbonyl (C=O) groups excluding carboxylic acids is 1. The maximum atomic E-state index is 9.84. The molecule has 0 aromatic heterocycles. The summed E-state index contributed by atoms with van der Waals surface area (Å²) < 4.78 is 4.14. The van der Waals surface area contributed by atoms with E-state index in [4.69, 9.17) is 0 Å². The van der Waals surface area contributed by atoms with Gasteiger partial charge < -0.3 is 4.74 Å². The predicted octanol–water partition coefficient (Wildman–Crippen LogP) is 10.4. The number of carbonyl (C=O) groups is 1. The van der Waals surface area contributed by atoms with E-state index in [9.17, 15) is 4.79 Å². The Morgan fingerprint density at radius 1 is 0.500 bits per heavy atom. The minimum Gasteiger partial charge on any atom is -0.466 e. The van der Waals surface area contributed by atoms with Crippen LogP contribution in [0.2, 0.25) is 0 Å². The minimum atomic E-state index is -0.394. The smallest absolute Gasteiger partial charge is 0.329 e. The standard InChI is InChI=1S/C4H6O2.6C4H10.2Sn/c1-3-4(5)6-2;6*1-3-4-2;;/h3H,1H2,2H3;6*3-4H2,1-2H3;;. The molecule has 0 aromatic carbocycles. The zero-order chi connectivity index (χ0) is 25.5. The van der Waals surface area contributed by atoms with Crippen LogP contribution < -0.4 is 0 Å². The van der Waals surface area contributed by atoms with Crippen LogP contribution in [0.5, 0.6) is 0 Å². The fourth-order valence-corrected chi connectivity index (χ4v) is 0.0833. The Morgan fingerprint density at radius 2 is 0.625 bits per heavy atom. The molecule has 0 saturated heterocycles. The summed E-state index contributed by atoms with van der Waals surface area (Å²) in [5, 5.41) is 0. The van der Waals surface area contributed by atoms with Crippen LogP contribution in [0.25, 0.3) is 0 Å². The molecule has 0 saturated carbocycles. The number of methoxy groups -OCH3 is 1. The molecule has 2 nitrogen and oxygen atoms in total. The Labute approximate surface area is 241 Å². The van der Waals surface area contributed by atoms with E-state index < -0.39 is 5.97 Å². The third-order valence-electron chi connectivity index (χ3n) is 3.37. The Balaban J connectivity index is -0.0000000274. The van der Waals surface area contributed by atoms with Crippen LogP contribution in [-0.2, 0) is 9.53 Å². The molecular formula is C28H66O2Sn2. The van der Waals surface area contributed by atoms with Gasteiger partial charge in [0.2, 0.25) is 0 Å². The molecule has 0 rings (SSSR count). The van der Waals surface area contributed by atoms with Crippen LogP contribution in [0.4, 0.5) is 0 Å². The van der Waals surface area contributed by atoms with Crippen molar-refractivity contribution in [3.8, 4) is 0 Å². The van der Waals surface area contributed by atoms with E-state index in [1.54, 1.807) is 0 Å². The topological polar surface area (TPSA) is 26.3 Å². The molecule has 0 aliphatic carbocycles. The second kappa shape index (κ2) is 95.2. The van der Waals surface area contributed by atoms with Gasteiger partial charge in [0.15, 0.2) is 0 Å². The van der Waals surface area contributed by atoms with Gasteiger partial charge in [0.05, 0.1) is 7.11 Å². The number of hydrogen-bond donors (Lipinski definition) is 0. The van der Waals surface area contributed by atoms with Crippen molar-refractivity contribution in [2.75, 3.05) is 7.11 Å². The van der Waals surface area contributed by atoms with E-state index in [-0.39, 0.29) is 47.8 Å². The third-order valence-corrected chi connectivity index (χ3v) is 3.37. The molecule has 0 spiro atoms. The van der Waals surface area contributed by atoms with Crippen LogP contribution in [0, 0.1) is 0 Å². The average Bonchev–Trinajstić information content (AvgIpc) is 2.84. The quantitative estimate of drug-likeness (QED) is 0.153. The molecular weight excluding hydrogens is 606 g/mol. The molecule has 0 unspecified atom stereocenters. The number of hydrogen-bond acceptors (Lipinski definition) is 2. The molecule has 0 aliphatic heterocycles. The number of rotatable bonds is 7. The van der Waals surface area contributed by atoms with Crippen LogP contribution in [-0.4, -0.2) is 60.9 Å². The van der Waals surface area contributed by atoms with Crippen molar-refractivity contribution in [3.63, 3.8) is 0 Å². The van der Waals surface area contributed by atoms with E-state index in [1.807, 2.05) is 0 Å². The second-order valence-electron chi connectivity index (χ2n) is 6.73. The zero-order valence-corrected chi connectivity index (χ0v) is 30.8. The van der Waals surface area contributed by atoms with Crippen molar-refractivity contribution in [1.82, 2.24) is 0 Å². The number of unbranched alkanes of at least 4 members (excludes halogenated alkanes) is 6. The molecule has 4 heteroatoms. The van der Waals surface area contributed by atoms with Crippen LogP contribution >= 0.6 is 0 Å². The predicted molar refractivity (Wildman–Crippen MR) is 157 cm³/mol. The Morgan fingerprint density at radius 3 is 0.625 bits per heavy atom. The van der Waals surface area contributed by atoms with Crippen molar-refractivity contribution in [1.29, 1.82) is 0 Å². The summed E-state index contributed by atoms with van der Waals surface area (Å²) >= 11 is 0. The van der Waals surface area contributed by atoms with Gasteiger partial charge >= 0.3 is 5.97 Å². The van der Waals surface area contributed by atoms with E-state index in [0.717, 1.165) is 6.08 Å². The van der Waals surface area contributed by atoms with Gasteiger partial charge in [0.1, 0.15) is 0 Å².